The Morgan fingerprint density at radius 2 is 2.21 bits per heavy atom. The van der Waals surface area contributed by atoms with Crippen molar-refractivity contribution in [2.24, 2.45) is 0 Å². The van der Waals surface area contributed by atoms with Crippen LogP contribution in [0.15, 0.2) is 24.3 Å². The predicted molar refractivity (Wildman–Crippen MR) is 44.7 cm³/mol. The second kappa shape index (κ2) is 4.22. The van der Waals surface area contributed by atoms with Crippen molar-refractivity contribution in [2.75, 3.05) is 0 Å². The summed E-state index contributed by atoms with van der Waals surface area (Å²) in [5, 5.41) is 8.51. The van der Waals surface area contributed by atoms with Crippen molar-refractivity contribution in [1.82, 2.24) is 0 Å². The Bertz CT molecular complexity index is 363. The van der Waals surface area contributed by atoms with Gasteiger partial charge in [0, 0.05) is 0 Å². The summed E-state index contributed by atoms with van der Waals surface area (Å²) in [6.07, 6.45) is 0. The van der Waals surface area contributed by atoms with Crippen LogP contribution in [-0.2, 0) is 9.88 Å². The zero-order valence-electron chi connectivity index (χ0n) is 7.30. The van der Waals surface area contributed by atoms with Gasteiger partial charge >= 0.3 is 11.1 Å². The van der Waals surface area contributed by atoms with E-state index >= 15 is 0 Å². The fourth-order valence-electron chi connectivity index (χ4n) is 0.884. The minimum atomic E-state index is -1.20. The first-order valence-electron chi connectivity index (χ1n) is 3.69. The van der Waals surface area contributed by atoms with Gasteiger partial charge in [-0.15, -0.1) is 10.1 Å². The van der Waals surface area contributed by atoms with Gasteiger partial charge < -0.3 is 0 Å². The normalized spacial score (nSPS) is 9.21. The third-order valence-corrected chi connectivity index (χ3v) is 1.43. The van der Waals surface area contributed by atoms with Crippen molar-refractivity contribution in [3.05, 3.63) is 45.5 Å². The molecule has 0 amide bonds. The zero-order chi connectivity index (χ0) is 10.6. The topological polar surface area (TPSA) is 78.7 Å². The smallest absolute Gasteiger partial charge is 0.255 e. The van der Waals surface area contributed by atoms with E-state index in [1.807, 2.05) is 0 Å². The molecule has 1 rings (SSSR count). The van der Waals surface area contributed by atoms with Gasteiger partial charge in [0.25, 0.3) is 0 Å². The van der Waals surface area contributed by atoms with Gasteiger partial charge in [0.1, 0.15) is 0 Å². The van der Waals surface area contributed by atoms with Crippen LogP contribution >= 0.6 is 0 Å². The van der Waals surface area contributed by atoms with E-state index in [1.165, 1.54) is 12.1 Å². The summed E-state index contributed by atoms with van der Waals surface area (Å²) in [5.74, 6) is -0.898. The Balaban J connectivity index is 2.65. The maximum Gasteiger partial charge on any atom is 0.373 e. The second-order valence-electron chi connectivity index (χ2n) is 2.54. The molecule has 0 unspecified atom stereocenters. The fraction of sp³-hybridized carbons (Fsp3) is 0.125. The predicted octanol–water partition coefficient (Wildman–Crippen LogP) is 1.28. The van der Waals surface area contributed by atoms with Crippen molar-refractivity contribution in [2.45, 2.75) is 6.92 Å². The summed E-state index contributed by atoms with van der Waals surface area (Å²) in [4.78, 5) is 28.1. The lowest BCUT2D eigenvalue weighted by atomic mass is 10.1. The van der Waals surface area contributed by atoms with E-state index in [9.17, 15) is 14.9 Å². The first kappa shape index (κ1) is 9.97. The molecule has 0 aliphatic heterocycles. The maximum absolute atomic E-state index is 11.0. The highest BCUT2D eigenvalue weighted by molar-refractivity contribution is 5.89. The molecule has 0 fully saturated rings. The summed E-state index contributed by atoms with van der Waals surface area (Å²) >= 11 is 0. The van der Waals surface area contributed by atoms with Gasteiger partial charge in [0.2, 0.25) is 0 Å². The second-order valence-corrected chi connectivity index (χ2v) is 2.54. The third kappa shape index (κ3) is 2.74. The van der Waals surface area contributed by atoms with Gasteiger partial charge in [-0.1, -0.05) is 22.7 Å². The van der Waals surface area contributed by atoms with E-state index in [-0.39, 0.29) is 5.56 Å². The standard InChI is InChI=1S/C8H7NO5/c1-6-3-2-4-7(5-6)8(10)13-14-9(11)12/h2-5H,1H3. The molecule has 74 valence electrons. The summed E-state index contributed by atoms with van der Waals surface area (Å²) in [7, 11) is 0. The highest BCUT2D eigenvalue weighted by atomic mass is 17.3. The number of nitrogens with zero attached hydrogens (tertiary/aromatic N) is 1. The molecule has 14 heavy (non-hydrogen) atoms. The Labute approximate surface area is 79.1 Å². The number of hydrogen-bond acceptors (Lipinski definition) is 5. The van der Waals surface area contributed by atoms with E-state index < -0.39 is 11.1 Å². The highest BCUT2D eigenvalue weighted by Crippen LogP contribution is 2.05. The Kier molecular flexibility index (Phi) is 3.01. The number of benzene rings is 1. The molecule has 0 aliphatic rings. The molecule has 0 aromatic heterocycles. The number of hydrogen-bond donors (Lipinski definition) is 0. The first-order chi connectivity index (χ1) is 6.59. The van der Waals surface area contributed by atoms with Crippen molar-refractivity contribution in [3.8, 4) is 0 Å². The average Bonchev–Trinajstić information content (AvgIpc) is 2.14. The summed E-state index contributed by atoms with van der Waals surface area (Å²) in [6.45, 7) is 1.78. The van der Waals surface area contributed by atoms with Gasteiger partial charge in [0.05, 0.1) is 5.56 Å². The van der Waals surface area contributed by atoms with Crippen LogP contribution in [0.3, 0.4) is 0 Å². The molecule has 0 saturated heterocycles. The number of rotatable bonds is 3. The average molecular weight is 197 g/mol. The van der Waals surface area contributed by atoms with Gasteiger partial charge in [-0.25, -0.2) is 4.79 Å². The molecular weight excluding hydrogens is 190 g/mol. The van der Waals surface area contributed by atoms with Gasteiger partial charge in [-0.2, -0.15) is 0 Å². The van der Waals surface area contributed by atoms with Gasteiger partial charge in [0.15, 0.2) is 0 Å². The van der Waals surface area contributed by atoms with Crippen LogP contribution < -0.4 is 0 Å². The molecule has 0 bridgehead atoms. The molecule has 0 spiro atoms. The molecule has 0 saturated carbocycles. The lowest BCUT2D eigenvalue weighted by Gasteiger charge is -1.99. The largest absolute Gasteiger partial charge is 0.373 e. The monoisotopic (exact) mass is 197 g/mol. The van der Waals surface area contributed by atoms with Crippen LogP contribution in [0.4, 0.5) is 0 Å². The summed E-state index contributed by atoms with van der Waals surface area (Å²) in [6, 6.07) is 6.42. The number of aryl methyl sites for hydroxylation is 1. The van der Waals surface area contributed by atoms with Crippen LogP contribution in [0.25, 0.3) is 0 Å². The molecule has 0 atom stereocenters. The Hall–Kier alpha value is -2.11. The zero-order valence-corrected chi connectivity index (χ0v) is 7.30. The van der Waals surface area contributed by atoms with Gasteiger partial charge in [-0.3, -0.25) is 4.89 Å². The quantitative estimate of drug-likeness (QED) is 0.414. The molecular formula is C8H7NO5. The van der Waals surface area contributed by atoms with Crippen molar-refractivity contribution in [1.29, 1.82) is 0 Å². The molecule has 6 nitrogen and oxygen atoms in total. The molecule has 6 heteroatoms. The van der Waals surface area contributed by atoms with E-state index in [4.69, 9.17) is 0 Å². The molecule has 1 aromatic carbocycles. The van der Waals surface area contributed by atoms with Crippen LogP contribution in [0.1, 0.15) is 15.9 Å². The lowest BCUT2D eigenvalue weighted by Crippen LogP contribution is -2.09. The fourth-order valence-corrected chi connectivity index (χ4v) is 0.884. The van der Waals surface area contributed by atoms with Crippen LogP contribution in [0.2, 0.25) is 0 Å². The van der Waals surface area contributed by atoms with E-state index in [1.54, 1.807) is 19.1 Å². The van der Waals surface area contributed by atoms with Crippen molar-refractivity contribution < 1.29 is 19.8 Å². The van der Waals surface area contributed by atoms with Gasteiger partial charge in [-0.05, 0) is 19.1 Å². The Morgan fingerprint density at radius 3 is 2.79 bits per heavy atom. The molecule has 0 N–H and O–H groups in total. The number of carbonyl (C=O) groups excluding carboxylic acids is 1. The molecule has 0 aliphatic carbocycles. The minimum Gasteiger partial charge on any atom is -0.255 e. The maximum atomic E-state index is 11.0. The van der Waals surface area contributed by atoms with Crippen LogP contribution in [0, 0.1) is 17.0 Å². The third-order valence-electron chi connectivity index (χ3n) is 1.43. The SMILES string of the molecule is Cc1cccc(C(=O)OO[N+](=O)[O-])c1. The minimum absolute atomic E-state index is 0.201. The van der Waals surface area contributed by atoms with Crippen molar-refractivity contribution >= 4 is 5.97 Å². The Morgan fingerprint density at radius 1 is 1.50 bits per heavy atom. The molecule has 0 radical (unpaired) electrons. The number of carbonyl (C=O) groups is 1. The van der Waals surface area contributed by atoms with E-state index in [0.717, 1.165) is 5.56 Å². The van der Waals surface area contributed by atoms with E-state index in [2.05, 4.69) is 9.88 Å². The van der Waals surface area contributed by atoms with E-state index in [0.29, 0.717) is 0 Å². The van der Waals surface area contributed by atoms with Crippen LogP contribution in [0.5, 0.6) is 0 Å². The molecule has 0 heterocycles. The molecule has 1 aromatic rings. The van der Waals surface area contributed by atoms with Crippen molar-refractivity contribution in [3.63, 3.8) is 0 Å². The van der Waals surface area contributed by atoms with Crippen LogP contribution in [-0.4, -0.2) is 11.1 Å². The summed E-state index contributed by atoms with van der Waals surface area (Å²) < 4.78 is 0. The first-order valence-corrected chi connectivity index (χ1v) is 3.69. The summed E-state index contributed by atoms with van der Waals surface area (Å²) in [5.41, 5.74) is 1.05. The highest BCUT2D eigenvalue weighted by Gasteiger charge is 2.09. The lowest BCUT2D eigenvalue weighted by molar-refractivity contribution is -0.839.